The maximum atomic E-state index is 4.93. The molecule has 0 saturated heterocycles. The van der Waals surface area contributed by atoms with Crippen molar-refractivity contribution in [2.75, 3.05) is 0 Å². The average molecular weight is 363 g/mol. The Bertz CT molecular complexity index is 226. The molecule has 2 nitrogen and oxygen atoms in total. The standard InChI is InChI=1S/C6H7I2NO/c1-4-3-5(9-10-4)6(2,7)8/h3H,1-2H3. The van der Waals surface area contributed by atoms with Gasteiger partial charge in [0, 0.05) is 6.07 Å². The predicted molar refractivity (Wildman–Crippen MR) is 56.6 cm³/mol. The van der Waals surface area contributed by atoms with Crippen LogP contribution in [0.2, 0.25) is 0 Å². The third kappa shape index (κ3) is 2.08. The summed E-state index contributed by atoms with van der Waals surface area (Å²) in [5.41, 5.74) is 0.992. The first kappa shape index (κ1) is 8.76. The second-order valence-electron chi connectivity index (χ2n) is 2.21. The number of alkyl halides is 2. The van der Waals surface area contributed by atoms with Crippen molar-refractivity contribution in [3.05, 3.63) is 17.5 Å². The van der Waals surface area contributed by atoms with E-state index in [1.807, 2.05) is 13.0 Å². The Morgan fingerprint density at radius 3 is 2.40 bits per heavy atom. The first-order chi connectivity index (χ1) is 4.50. The van der Waals surface area contributed by atoms with Gasteiger partial charge in [-0.3, -0.25) is 0 Å². The summed E-state index contributed by atoms with van der Waals surface area (Å²) in [5, 5.41) is 3.90. The van der Waals surface area contributed by atoms with Crippen molar-refractivity contribution >= 4 is 45.2 Å². The summed E-state index contributed by atoms with van der Waals surface area (Å²) >= 11 is 4.64. The molecule has 0 aliphatic rings. The molecule has 0 amide bonds. The molecule has 56 valence electrons. The Kier molecular flexibility index (Phi) is 2.59. The molecular weight excluding hydrogens is 356 g/mol. The van der Waals surface area contributed by atoms with Gasteiger partial charge in [0.05, 0.1) is 0 Å². The van der Waals surface area contributed by atoms with Crippen LogP contribution < -0.4 is 0 Å². The molecule has 0 spiro atoms. The Labute approximate surface area is 87.0 Å². The summed E-state index contributed by atoms with van der Waals surface area (Å²) in [5.74, 6) is 0.870. The zero-order valence-corrected chi connectivity index (χ0v) is 10.0. The summed E-state index contributed by atoms with van der Waals surface area (Å²) in [6.45, 7) is 3.99. The molecule has 0 unspecified atom stereocenters. The van der Waals surface area contributed by atoms with Crippen LogP contribution in [0.4, 0.5) is 0 Å². The second kappa shape index (κ2) is 2.96. The minimum Gasteiger partial charge on any atom is -0.361 e. The topological polar surface area (TPSA) is 26.0 Å². The van der Waals surface area contributed by atoms with Crippen LogP contribution in [0.5, 0.6) is 0 Å². The molecule has 0 saturated carbocycles. The van der Waals surface area contributed by atoms with Crippen molar-refractivity contribution in [1.29, 1.82) is 0 Å². The van der Waals surface area contributed by atoms with Crippen molar-refractivity contribution in [2.24, 2.45) is 0 Å². The van der Waals surface area contributed by atoms with Gasteiger partial charge in [-0.25, -0.2) is 0 Å². The molecule has 0 N–H and O–H groups in total. The summed E-state index contributed by atoms with van der Waals surface area (Å²) in [6, 6.07) is 1.96. The predicted octanol–water partition coefficient (Wildman–Crippen LogP) is 3.03. The SMILES string of the molecule is Cc1cc(C(C)(I)I)no1. The monoisotopic (exact) mass is 363 g/mol. The molecule has 1 aromatic rings. The lowest BCUT2D eigenvalue weighted by Gasteiger charge is -2.07. The summed E-state index contributed by atoms with van der Waals surface area (Å²) in [6.07, 6.45) is 0. The largest absolute Gasteiger partial charge is 0.361 e. The summed E-state index contributed by atoms with van der Waals surface area (Å²) < 4.78 is 4.98. The normalized spacial score (nSPS) is 12.0. The van der Waals surface area contributed by atoms with Crippen LogP contribution in [0.1, 0.15) is 18.4 Å². The third-order valence-electron chi connectivity index (χ3n) is 1.08. The Morgan fingerprint density at radius 1 is 1.60 bits per heavy atom. The van der Waals surface area contributed by atoms with Crippen LogP contribution in [-0.4, -0.2) is 5.16 Å². The minimum absolute atomic E-state index is 0.0489. The van der Waals surface area contributed by atoms with E-state index in [2.05, 4.69) is 57.3 Å². The van der Waals surface area contributed by atoms with Crippen LogP contribution in [0.3, 0.4) is 0 Å². The van der Waals surface area contributed by atoms with E-state index in [-0.39, 0.29) is 1.43 Å². The van der Waals surface area contributed by atoms with E-state index in [1.165, 1.54) is 0 Å². The highest BCUT2D eigenvalue weighted by atomic mass is 127. The van der Waals surface area contributed by atoms with Crippen LogP contribution in [0, 0.1) is 6.92 Å². The number of halogens is 2. The highest BCUT2D eigenvalue weighted by molar-refractivity contribution is 14.2. The lowest BCUT2D eigenvalue weighted by molar-refractivity contribution is 0.391. The fraction of sp³-hybridized carbons (Fsp3) is 0.500. The van der Waals surface area contributed by atoms with Crippen molar-refractivity contribution in [2.45, 2.75) is 15.3 Å². The Balaban J connectivity index is 2.96. The quantitative estimate of drug-likeness (QED) is 0.567. The van der Waals surface area contributed by atoms with Crippen molar-refractivity contribution in [3.63, 3.8) is 0 Å². The summed E-state index contributed by atoms with van der Waals surface area (Å²) in [7, 11) is 0. The van der Waals surface area contributed by atoms with Crippen LogP contribution in [-0.2, 0) is 1.43 Å². The first-order valence-corrected chi connectivity index (χ1v) is 4.97. The van der Waals surface area contributed by atoms with E-state index in [0.29, 0.717) is 0 Å². The van der Waals surface area contributed by atoms with Gasteiger partial charge in [0.1, 0.15) is 12.9 Å². The molecular formula is C6H7I2NO. The van der Waals surface area contributed by atoms with Gasteiger partial charge in [0.25, 0.3) is 0 Å². The number of aryl methyl sites for hydroxylation is 1. The molecule has 1 rings (SSSR count). The highest BCUT2D eigenvalue weighted by Crippen LogP contribution is 2.37. The van der Waals surface area contributed by atoms with E-state index in [4.69, 9.17) is 4.52 Å². The molecule has 4 heteroatoms. The average Bonchev–Trinajstić information content (AvgIpc) is 2.11. The number of rotatable bonds is 1. The maximum Gasteiger partial charge on any atom is 0.134 e. The van der Waals surface area contributed by atoms with Gasteiger partial charge >= 0.3 is 0 Å². The molecule has 0 aliphatic carbocycles. The van der Waals surface area contributed by atoms with E-state index in [0.717, 1.165) is 11.5 Å². The lowest BCUT2D eigenvalue weighted by Crippen LogP contribution is -2.00. The highest BCUT2D eigenvalue weighted by Gasteiger charge is 2.21. The Hall–Kier alpha value is 0.670. The zero-order chi connectivity index (χ0) is 7.78. The first-order valence-electron chi connectivity index (χ1n) is 2.82. The molecule has 0 radical (unpaired) electrons. The van der Waals surface area contributed by atoms with E-state index in [1.54, 1.807) is 0 Å². The second-order valence-corrected chi connectivity index (χ2v) is 8.59. The number of hydrogen-bond donors (Lipinski definition) is 0. The smallest absolute Gasteiger partial charge is 0.134 e. The van der Waals surface area contributed by atoms with Gasteiger partial charge in [0.2, 0.25) is 0 Å². The van der Waals surface area contributed by atoms with Gasteiger partial charge in [-0.05, 0) is 13.8 Å². The molecule has 0 atom stereocenters. The molecule has 10 heavy (non-hydrogen) atoms. The fourth-order valence-corrected chi connectivity index (χ4v) is 1.08. The van der Waals surface area contributed by atoms with Gasteiger partial charge in [0.15, 0.2) is 0 Å². The zero-order valence-electron chi connectivity index (χ0n) is 5.69. The van der Waals surface area contributed by atoms with E-state index < -0.39 is 0 Å². The van der Waals surface area contributed by atoms with Crippen LogP contribution >= 0.6 is 45.2 Å². The molecule has 0 aromatic carbocycles. The molecule has 1 heterocycles. The Morgan fingerprint density at radius 2 is 2.20 bits per heavy atom. The van der Waals surface area contributed by atoms with Crippen LogP contribution in [0.25, 0.3) is 0 Å². The fourth-order valence-electron chi connectivity index (χ4n) is 0.573. The minimum atomic E-state index is 0.0489. The molecule has 0 aliphatic heterocycles. The number of aromatic nitrogens is 1. The van der Waals surface area contributed by atoms with Crippen molar-refractivity contribution in [3.8, 4) is 0 Å². The van der Waals surface area contributed by atoms with Gasteiger partial charge < -0.3 is 4.52 Å². The maximum absolute atomic E-state index is 4.93. The van der Waals surface area contributed by atoms with E-state index in [9.17, 15) is 0 Å². The van der Waals surface area contributed by atoms with Gasteiger partial charge in [-0.1, -0.05) is 50.3 Å². The van der Waals surface area contributed by atoms with Crippen LogP contribution in [0.15, 0.2) is 10.6 Å². The molecule has 0 fully saturated rings. The van der Waals surface area contributed by atoms with Crippen molar-refractivity contribution in [1.82, 2.24) is 5.16 Å². The third-order valence-corrected chi connectivity index (χ3v) is 2.18. The van der Waals surface area contributed by atoms with Crippen molar-refractivity contribution < 1.29 is 4.52 Å². The molecule has 1 aromatic heterocycles. The lowest BCUT2D eigenvalue weighted by atomic mass is 10.3. The van der Waals surface area contributed by atoms with Gasteiger partial charge in [-0.15, -0.1) is 0 Å². The number of nitrogens with zero attached hydrogens (tertiary/aromatic N) is 1. The summed E-state index contributed by atoms with van der Waals surface area (Å²) in [4.78, 5) is 0. The number of hydrogen-bond acceptors (Lipinski definition) is 2. The van der Waals surface area contributed by atoms with E-state index >= 15 is 0 Å². The van der Waals surface area contributed by atoms with Gasteiger partial charge in [-0.2, -0.15) is 0 Å². The molecule has 0 bridgehead atoms.